The first-order valence-electron chi connectivity index (χ1n) is 6.12. The SMILES string of the molecule is CCOCc1nc(NC)cc(-c2cccc(Cl)c2)n1. The largest absolute Gasteiger partial charge is 0.374 e. The predicted octanol–water partition coefficient (Wildman–Crippen LogP) is 3.38. The Morgan fingerprint density at radius 1 is 1.26 bits per heavy atom. The quantitative estimate of drug-likeness (QED) is 0.910. The predicted molar refractivity (Wildman–Crippen MR) is 77.4 cm³/mol. The first-order chi connectivity index (χ1) is 9.22. The van der Waals surface area contributed by atoms with Gasteiger partial charge in [-0.15, -0.1) is 0 Å². The van der Waals surface area contributed by atoms with Crippen molar-refractivity contribution in [3.63, 3.8) is 0 Å². The molecule has 0 unspecified atom stereocenters. The van der Waals surface area contributed by atoms with Crippen LogP contribution in [-0.2, 0) is 11.3 Å². The summed E-state index contributed by atoms with van der Waals surface area (Å²) in [5.41, 5.74) is 1.79. The molecule has 0 spiro atoms. The van der Waals surface area contributed by atoms with Gasteiger partial charge >= 0.3 is 0 Å². The highest BCUT2D eigenvalue weighted by Crippen LogP contribution is 2.23. The summed E-state index contributed by atoms with van der Waals surface area (Å²) in [7, 11) is 1.83. The van der Waals surface area contributed by atoms with Gasteiger partial charge in [-0.25, -0.2) is 9.97 Å². The highest BCUT2D eigenvalue weighted by Gasteiger charge is 2.06. The summed E-state index contributed by atoms with van der Waals surface area (Å²) < 4.78 is 5.35. The van der Waals surface area contributed by atoms with Crippen molar-refractivity contribution in [3.05, 3.63) is 41.2 Å². The number of aromatic nitrogens is 2. The molecule has 100 valence electrons. The summed E-state index contributed by atoms with van der Waals surface area (Å²) in [5.74, 6) is 1.42. The number of benzene rings is 1. The maximum Gasteiger partial charge on any atom is 0.157 e. The van der Waals surface area contributed by atoms with Crippen molar-refractivity contribution in [2.45, 2.75) is 13.5 Å². The number of nitrogens with zero attached hydrogens (tertiary/aromatic N) is 2. The third-order valence-corrected chi connectivity index (χ3v) is 2.82. The van der Waals surface area contributed by atoms with Gasteiger partial charge in [0.2, 0.25) is 0 Å². The van der Waals surface area contributed by atoms with Gasteiger partial charge in [0.05, 0.1) is 5.69 Å². The molecule has 0 aliphatic carbocycles. The second kappa shape index (κ2) is 6.50. The minimum Gasteiger partial charge on any atom is -0.374 e. The van der Waals surface area contributed by atoms with Crippen LogP contribution in [0.5, 0.6) is 0 Å². The Balaban J connectivity index is 2.38. The first kappa shape index (κ1) is 13.8. The molecule has 0 atom stereocenters. The Kier molecular flexibility index (Phi) is 4.71. The van der Waals surface area contributed by atoms with E-state index >= 15 is 0 Å². The summed E-state index contributed by atoms with van der Waals surface area (Å²) >= 11 is 6.01. The second-order valence-corrected chi connectivity index (χ2v) is 4.39. The van der Waals surface area contributed by atoms with Gasteiger partial charge in [0.1, 0.15) is 12.4 Å². The lowest BCUT2D eigenvalue weighted by Crippen LogP contribution is -2.03. The van der Waals surface area contributed by atoms with Crippen molar-refractivity contribution in [1.82, 2.24) is 9.97 Å². The van der Waals surface area contributed by atoms with E-state index in [0.29, 0.717) is 24.1 Å². The topological polar surface area (TPSA) is 47.0 Å². The van der Waals surface area contributed by atoms with Crippen LogP contribution in [0.3, 0.4) is 0 Å². The van der Waals surface area contributed by atoms with Gasteiger partial charge in [-0.1, -0.05) is 23.7 Å². The fraction of sp³-hybridized carbons (Fsp3) is 0.286. The standard InChI is InChI=1S/C14H16ClN3O/c1-3-19-9-14-17-12(8-13(16-2)18-14)10-5-4-6-11(15)7-10/h4-8H,3,9H2,1-2H3,(H,16,17,18). The van der Waals surface area contributed by atoms with Crippen LogP contribution in [-0.4, -0.2) is 23.6 Å². The number of halogens is 1. The van der Waals surface area contributed by atoms with Crippen molar-refractivity contribution in [1.29, 1.82) is 0 Å². The van der Waals surface area contributed by atoms with E-state index in [9.17, 15) is 0 Å². The molecule has 1 heterocycles. The molecular formula is C14H16ClN3O. The number of anilines is 1. The number of rotatable bonds is 5. The molecule has 0 radical (unpaired) electrons. The van der Waals surface area contributed by atoms with E-state index in [1.807, 2.05) is 44.3 Å². The van der Waals surface area contributed by atoms with Gasteiger partial charge in [-0.2, -0.15) is 0 Å². The highest BCUT2D eigenvalue weighted by atomic mass is 35.5. The van der Waals surface area contributed by atoms with E-state index < -0.39 is 0 Å². The minimum atomic E-state index is 0.402. The maximum atomic E-state index is 6.01. The van der Waals surface area contributed by atoms with Gasteiger partial charge in [0.15, 0.2) is 5.82 Å². The summed E-state index contributed by atoms with van der Waals surface area (Å²) in [5, 5.41) is 3.72. The monoisotopic (exact) mass is 277 g/mol. The second-order valence-electron chi connectivity index (χ2n) is 3.95. The Morgan fingerprint density at radius 2 is 2.11 bits per heavy atom. The lowest BCUT2D eigenvalue weighted by atomic mass is 10.1. The van der Waals surface area contributed by atoms with Crippen molar-refractivity contribution < 1.29 is 4.74 Å². The molecule has 1 N–H and O–H groups in total. The van der Waals surface area contributed by atoms with Crippen LogP contribution < -0.4 is 5.32 Å². The zero-order valence-corrected chi connectivity index (χ0v) is 11.7. The molecule has 0 fully saturated rings. The number of hydrogen-bond donors (Lipinski definition) is 1. The average molecular weight is 278 g/mol. The van der Waals surface area contributed by atoms with Crippen LogP contribution in [0.25, 0.3) is 11.3 Å². The van der Waals surface area contributed by atoms with Gasteiger partial charge in [0, 0.05) is 30.3 Å². The van der Waals surface area contributed by atoms with Crippen molar-refractivity contribution in [3.8, 4) is 11.3 Å². The fourth-order valence-electron chi connectivity index (χ4n) is 1.68. The van der Waals surface area contributed by atoms with Gasteiger partial charge in [0.25, 0.3) is 0 Å². The van der Waals surface area contributed by atoms with E-state index in [2.05, 4.69) is 15.3 Å². The molecule has 2 aromatic rings. The number of ether oxygens (including phenoxy) is 1. The van der Waals surface area contributed by atoms with E-state index in [-0.39, 0.29) is 0 Å². The number of hydrogen-bond acceptors (Lipinski definition) is 4. The van der Waals surface area contributed by atoms with E-state index in [4.69, 9.17) is 16.3 Å². The lowest BCUT2D eigenvalue weighted by Gasteiger charge is -2.08. The molecule has 19 heavy (non-hydrogen) atoms. The van der Waals surface area contributed by atoms with Gasteiger partial charge < -0.3 is 10.1 Å². The van der Waals surface area contributed by atoms with Crippen molar-refractivity contribution in [2.75, 3.05) is 19.0 Å². The Bertz CT molecular complexity index is 560. The highest BCUT2D eigenvalue weighted by molar-refractivity contribution is 6.30. The zero-order chi connectivity index (χ0) is 13.7. The summed E-state index contributed by atoms with van der Waals surface area (Å²) in [6.07, 6.45) is 0. The lowest BCUT2D eigenvalue weighted by molar-refractivity contribution is 0.128. The molecule has 0 saturated heterocycles. The Morgan fingerprint density at radius 3 is 2.79 bits per heavy atom. The van der Waals surface area contributed by atoms with Crippen LogP contribution in [0.15, 0.2) is 30.3 Å². The summed E-state index contributed by atoms with van der Waals surface area (Å²) in [4.78, 5) is 8.85. The molecule has 0 bridgehead atoms. The van der Waals surface area contributed by atoms with Crippen LogP contribution in [0.4, 0.5) is 5.82 Å². The van der Waals surface area contributed by atoms with E-state index in [0.717, 1.165) is 17.1 Å². The van der Waals surface area contributed by atoms with Crippen LogP contribution >= 0.6 is 11.6 Å². The normalized spacial score (nSPS) is 10.5. The molecule has 0 aliphatic rings. The average Bonchev–Trinajstić information content (AvgIpc) is 2.44. The first-order valence-corrected chi connectivity index (χ1v) is 6.50. The maximum absolute atomic E-state index is 6.01. The Labute approximate surface area is 117 Å². The molecule has 1 aromatic heterocycles. The smallest absolute Gasteiger partial charge is 0.157 e. The third-order valence-electron chi connectivity index (χ3n) is 2.58. The molecule has 0 amide bonds. The van der Waals surface area contributed by atoms with Crippen LogP contribution in [0.1, 0.15) is 12.7 Å². The molecule has 0 aliphatic heterocycles. The van der Waals surface area contributed by atoms with Gasteiger partial charge in [-0.05, 0) is 19.1 Å². The fourth-order valence-corrected chi connectivity index (χ4v) is 1.87. The van der Waals surface area contributed by atoms with Crippen molar-refractivity contribution in [2.24, 2.45) is 0 Å². The molecule has 1 aromatic carbocycles. The molecule has 0 saturated carbocycles. The molecule has 5 heteroatoms. The van der Waals surface area contributed by atoms with E-state index in [1.54, 1.807) is 0 Å². The Hall–Kier alpha value is -1.65. The molecule has 2 rings (SSSR count). The van der Waals surface area contributed by atoms with Crippen LogP contribution in [0.2, 0.25) is 5.02 Å². The van der Waals surface area contributed by atoms with Gasteiger partial charge in [-0.3, -0.25) is 0 Å². The third kappa shape index (κ3) is 3.66. The summed E-state index contributed by atoms with van der Waals surface area (Å²) in [6, 6.07) is 9.49. The van der Waals surface area contributed by atoms with Crippen molar-refractivity contribution >= 4 is 17.4 Å². The van der Waals surface area contributed by atoms with Crippen LogP contribution in [0, 0.1) is 0 Å². The molecule has 4 nitrogen and oxygen atoms in total. The molecular weight excluding hydrogens is 262 g/mol. The summed E-state index contributed by atoms with van der Waals surface area (Å²) in [6.45, 7) is 2.99. The zero-order valence-electron chi connectivity index (χ0n) is 11.0. The number of nitrogens with one attached hydrogen (secondary N) is 1. The van der Waals surface area contributed by atoms with E-state index in [1.165, 1.54) is 0 Å². The minimum absolute atomic E-state index is 0.402.